The molecular weight excluding hydrogens is 464 g/mol. The van der Waals surface area contributed by atoms with Crippen LogP contribution in [0.5, 0.6) is 0 Å². The first-order valence-electron chi connectivity index (χ1n) is 10.6. The second-order valence-electron chi connectivity index (χ2n) is 7.91. The SMILES string of the molecule is COC(=O)C1CCN(C(=O)COC(=O)c2ccc3c(c2)C(=O)N(c2ccccc2Cl)C3=O)CC1. The van der Waals surface area contributed by atoms with Crippen LogP contribution >= 0.6 is 11.6 Å². The van der Waals surface area contributed by atoms with Gasteiger partial charge in [-0.3, -0.25) is 19.2 Å². The summed E-state index contributed by atoms with van der Waals surface area (Å²) in [7, 11) is 1.33. The highest BCUT2D eigenvalue weighted by atomic mass is 35.5. The summed E-state index contributed by atoms with van der Waals surface area (Å²) in [6, 6.07) is 10.5. The Labute approximate surface area is 200 Å². The number of fused-ring (bicyclic) bond motifs is 1. The van der Waals surface area contributed by atoms with E-state index in [0.717, 1.165) is 4.90 Å². The Morgan fingerprint density at radius 1 is 1.00 bits per heavy atom. The molecule has 1 fully saturated rings. The van der Waals surface area contributed by atoms with Crippen LogP contribution in [0.3, 0.4) is 0 Å². The lowest BCUT2D eigenvalue weighted by Gasteiger charge is -2.30. The van der Waals surface area contributed by atoms with Gasteiger partial charge in [0, 0.05) is 13.1 Å². The molecule has 9 nitrogen and oxygen atoms in total. The van der Waals surface area contributed by atoms with Gasteiger partial charge in [0.05, 0.1) is 40.4 Å². The summed E-state index contributed by atoms with van der Waals surface area (Å²) in [5, 5.41) is 0.241. The van der Waals surface area contributed by atoms with E-state index in [2.05, 4.69) is 0 Å². The molecule has 10 heteroatoms. The van der Waals surface area contributed by atoms with Crippen LogP contribution in [0.4, 0.5) is 5.69 Å². The van der Waals surface area contributed by atoms with Gasteiger partial charge in [0.2, 0.25) is 0 Å². The van der Waals surface area contributed by atoms with Crippen molar-refractivity contribution in [1.82, 2.24) is 4.90 Å². The van der Waals surface area contributed by atoms with Crippen LogP contribution in [-0.4, -0.2) is 61.4 Å². The molecule has 0 radical (unpaired) electrons. The number of ether oxygens (including phenoxy) is 2. The maximum absolute atomic E-state index is 12.9. The number of amides is 3. The van der Waals surface area contributed by atoms with Gasteiger partial charge in [-0.25, -0.2) is 9.69 Å². The van der Waals surface area contributed by atoms with E-state index in [1.807, 2.05) is 0 Å². The fourth-order valence-electron chi connectivity index (χ4n) is 4.05. The molecule has 2 aliphatic heterocycles. The number of para-hydroxylation sites is 1. The number of anilines is 1. The van der Waals surface area contributed by atoms with Crippen LogP contribution in [0.2, 0.25) is 5.02 Å². The molecule has 2 heterocycles. The lowest BCUT2D eigenvalue weighted by Crippen LogP contribution is -2.42. The smallest absolute Gasteiger partial charge is 0.338 e. The van der Waals surface area contributed by atoms with Crippen LogP contribution in [-0.2, 0) is 19.1 Å². The van der Waals surface area contributed by atoms with Crippen molar-refractivity contribution >= 4 is 46.9 Å². The topological polar surface area (TPSA) is 110 Å². The number of piperidine rings is 1. The third-order valence-corrected chi connectivity index (χ3v) is 6.24. The number of imide groups is 1. The van der Waals surface area contributed by atoms with E-state index in [-0.39, 0.29) is 45.2 Å². The Bertz CT molecular complexity index is 1190. The molecule has 1 saturated heterocycles. The molecule has 34 heavy (non-hydrogen) atoms. The molecule has 0 unspecified atom stereocenters. The highest BCUT2D eigenvalue weighted by molar-refractivity contribution is 6.39. The monoisotopic (exact) mass is 484 g/mol. The number of carbonyl (C=O) groups is 5. The van der Waals surface area contributed by atoms with Crippen molar-refractivity contribution in [3.8, 4) is 0 Å². The number of hydrogen-bond acceptors (Lipinski definition) is 7. The van der Waals surface area contributed by atoms with Gasteiger partial charge in [0.1, 0.15) is 0 Å². The van der Waals surface area contributed by atoms with Crippen molar-refractivity contribution in [2.45, 2.75) is 12.8 Å². The lowest BCUT2D eigenvalue weighted by atomic mass is 9.97. The molecule has 2 aromatic rings. The summed E-state index contributed by atoms with van der Waals surface area (Å²) < 4.78 is 9.87. The van der Waals surface area contributed by atoms with Crippen LogP contribution in [0.1, 0.15) is 43.9 Å². The summed E-state index contributed by atoms with van der Waals surface area (Å²) in [5.74, 6) is -2.86. The minimum Gasteiger partial charge on any atom is -0.469 e. The second-order valence-corrected chi connectivity index (χ2v) is 8.32. The van der Waals surface area contributed by atoms with Gasteiger partial charge in [-0.05, 0) is 43.2 Å². The van der Waals surface area contributed by atoms with E-state index >= 15 is 0 Å². The summed E-state index contributed by atoms with van der Waals surface area (Å²) in [4.78, 5) is 64.7. The fourth-order valence-corrected chi connectivity index (χ4v) is 4.27. The van der Waals surface area contributed by atoms with Crippen molar-refractivity contribution in [3.63, 3.8) is 0 Å². The quantitative estimate of drug-likeness (QED) is 0.474. The van der Waals surface area contributed by atoms with E-state index in [0.29, 0.717) is 25.9 Å². The Kier molecular flexibility index (Phi) is 6.65. The van der Waals surface area contributed by atoms with Crippen LogP contribution in [0.15, 0.2) is 42.5 Å². The standard InChI is InChI=1S/C24H21ClN2O7/c1-33-23(31)14-8-10-26(11-9-14)20(28)13-34-24(32)15-6-7-16-17(12-15)22(30)27(21(16)29)19-5-3-2-4-18(19)25/h2-7,12,14H,8-11,13H2,1H3. The number of nitrogens with zero attached hydrogens (tertiary/aromatic N) is 2. The fraction of sp³-hybridized carbons (Fsp3) is 0.292. The zero-order chi connectivity index (χ0) is 24.4. The Morgan fingerprint density at radius 2 is 1.68 bits per heavy atom. The molecule has 0 N–H and O–H groups in total. The molecule has 0 bridgehead atoms. The maximum atomic E-state index is 12.9. The van der Waals surface area contributed by atoms with Crippen molar-refractivity contribution < 1.29 is 33.4 Å². The Hall–Kier alpha value is -3.72. The summed E-state index contributed by atoms with van der Waals surface area (Å²) in [6.45, 7) is 0.254. The van der Waals surface area contributed by atoms with Crippen molar-refractivity contribution in [3.05, 3.63) is 64.2 Å². The predicted molar refractivity (Wildman–Crippen MR) is 121 cm³/mol. The van der Waals surface area contributed by atoms with Gasteiger partial charge < -0.3 is 14.4 Å². The maximum Gasteiger partial charge on any atom is 0.338 e. The van der Waals surface area contributed by atoms with E-state index in [9.17, 15) is 24.0 Å². The number of esters is 2. The number of benzene rings is 2. The molecule has 0 aliphatic carbocycles. The summed E-state index contributed by atoms with van der Waals surface area (Å²) in [5.41, 5.74) is 0.487. The second kappa shape index (κ2) is 9.64. The van der Waals surface area contributed by atoms with Crippen LogP contribution in [0.25, 0.3) is 0 Å². The first-order chi connectivity index (χ1) is 16.3. The zero-order valence-corrected chi connectivity index (χ0v) is 19.0. The molecular formula is C24H21ClN2O7. The first-order valence-corrected chi connectivity index (χ1v) is 11.0. The molecule has 0 atom stereocenters. The lowest BCUT2D eigenvalue weighted by molar-refractivity contribution is -0.149. The molecule has 2 aliphatic rings. The van der Waals surface area contributed by atoms with Crippen molar-refractivity contribution in [2.75, 3.05) is 31.7 Å². The summed E-state index contributed by atoms with van der Waals surface area (Å²) in [6.07, 6.45) is 0.963. The van der Waals surface area contributed by atoms with Gasteiger partial charge in [0.15, 0.2) is 6.61 Å². The average Bonchev–Trinajstić information content (AvgIpc) is 3.11. The number of rotatable bonds is 5. The zero-order valence-electron chi connectivity index (χ0n) is 18.3. The third kappa shape index (κ3) is 4.38. The minimum atomic E-state index is -0.794. The molecule has 0 aromatic heterocycles. The number of methoxy groups -OCH3 is 1. The first kappa shape index (κ1) is 23.4. The highest BCUT2D eigenvalue weighted by Crippen LogP contribution is 2.33. The Balaban J connectivity index is 1.40. The van der Waals surface area contributed by atoms with Crippen molar-refractivity contribution in [1.29, 1.82) is 0 Å². The van der Waals surface area contributed by atoms with Gasteiger partial charge >= 0.3 is 11.9 Å². The molecule has 0 spiro atoms. The Morgan fingerprint density at radius 3 is 2.35 bits per heavy atom. The largest absolute Gasteiger partial charge is 0.469 e. The number of carbonyl (C=O) groups excluding carboxylic acids is 5. The van der Waals surface area contributed by atoms with E-state index in [4.69, 9.17) is 21.1 Å². The van der Waals surface area contributed by atoms with E-state index in [1.54, 1.807) is 24.3 Å². The number of likely N-dealkylation sites (tertiary alicyclic amines) is 1. The van der Waals surface area contributed by atoms with E-state index < -0.39 is 24.4 Å². The van der Waals surface area contributed by atoms with Gasteiger partial charge in [-0.15, -0.1) is 0 Å². The van der Waals surface area contributed by atoms with Gasteiger partial charge in [-0.1, -0.05) is 23.7 Å². The molecule has 4 rings (SSSR count). The summed E-state index contributed by atoms with van der Waals surface area (Å²) >= 11 is 6.15. The van der Waals surface area contributed by atoms with Gasteiger partial charge in [-0.2, -0.15) is 0 Å². The molecule has 2 aromatic carbocycles. The molecule has 0 saturated carbocycles. The van der Waals surface area contributed by atoms with Crippen molar-refractivity contribution in [2.24, 2.45) is 5.92 Å². The predicted octanol–water partition coefficient (Wildman–Crippen LogP) is 2.71. The molecule has 3 amide bonds. The normalized spacial score (nSPS) is 15.8. The number of halogens is 1. The third-order valence-electron chi connectivity index (χ3n) is 5.92. The van der Waals surface area contributed by atoms with E-state index in [1.165, 1.54) is 30.2 Å². The van der Waals surface area contributed by atoms with Crippen LogP contribution in [0, 0.1) is 5.92 Å². The molecule has 176 valence electrons. The van der Waals surface area contributed by atoms with Gasteiger partial charge in [0.25, 0.3) is 17.7 Å². The highest BCUT2D eigenvalue weighted by Gasteiger charge is 2.38. The average molecular weight is 485 g/mol. The number of hydrogen-bond donors (Lipinski definition) is 0. The minimum absolute atomic E-state index is 0.0399. The van der Waals surface area contributed by atoms with Crippen LogP contribution < -0.4 is 4.90 Å².